The van der Waals surface area contributed by atoms with Crippen LogP contribution >= 0.6 is 0 Å². The summed E-state index contributed by atoms with van der Waals surface area (Å²) in [5, 5.41) is 0. The zero-order chi connectivity index (χ0) is 20.8. The van der Waals surface area contributed by atoms with Crippen molar-refractivity contribution in [1.29, 1.82) is 0 Å². The lowest BCUT2D eigenvalue weighted by molar-refractivity contribution is -0.136. The third kappa shape index (κ3) is 3.67. The van der Waals surface area contributed by atoms with Crippen LogP contribution in [0.1, 0.15) is 67.2 Å². The van der Waals surface area contributed by atoms with E-state index in [0.29, 0.717) is 25.8 Å². The number of carbonyl (C=O) groups is 3. The Morgan fingerprint density at radius 2 is 1.72 bits per heavy atom. The van der Waals surface area contributed by atoms with Crippen LogP contribution in [-0.2, 0) is 14.4 Å². The van der Waals surface area contributed by atoms with Crippen molar-refractivity contribution in [3.63, 3.8) is 0 Å². The smallest absolute Gasteiger partial charge is 0.229 e. The normalized spacial score (nSPS) is 26.4. The van der Waals surface area contributed by atoms with Gasteiger partial charge in [-0.3, -0.25) is 14.4 Å². The number of allylic oxidation sites excluding steroid dienone is 1. The molecule has 0 saturated heterocycles. The monoisotopic (exact) mass is 389 g/mol. The molecule has 0 unspecified atom stereocenters. The van der Waals surface area contributed by atoms with E-state index < -0.39 is 11.3 Å². The first kappa shape index (κ1) is 19.6. The maximum absolute atomic E-state index is 13.2. The predicted molar refractivity (Wildman–Crippen MR) is 111 cm³/mol. The number of amides is 1. The Bertz CT molecular complexity index is 946. The lowest BCUT2D eigenvalue weighted by Gasteiger charge is -2.41. The molecular weight excluding hydrogens is 362 g/mol. The second-order valence-corrected chi connectivity index (χ2v) is 8.85. The standard InChI is InChI=1S/C25H27NO3/c1-4-5-18-12-16(2)22(17(3)13-18)23-20(27)14-25(15-21(23)28)8-10-26(11-9-25)24(29)19-6-7-19/h8,10,12-13,19,23H,6-7,9,11,14-15H2,1-3H3. The average Bonchev–Trinajstić information content (AvgIpc) is 3.49. The van der Waals surface area contributed by atoms with Gasteiger partial charge in [0.05, 0.1) is 0 Å². The molecule has 1 amide bonds. The molecule has 1 spiro atoms. The molecule has 0 radical (unpaired) electrons. The third-order valence-corrected chi connectivity index (χ3v) is 6.52. The average molecular weight is 389 g/mol. The van der Waals surface area contributed by atoms with E-state index in [1.54, 1.807) is 11.8 Å². The molecule has 0 bridgehead atoms. The predicted octanol–water partition coefficient (Wildman–Crippen LogP) is 3.83. The van der Waals surface area contributed by atoms with Crippen LogP contribution in [-0.4, -0.2) is 28.9 Å². The largest absolute Gasteiger partial charge is 0.319 e. The lowest BCUT2D eigenvalue weighted by Crippen LogP contribution is -2.43. The number of nitrogens with zero attached hydrogens (tertiary/aromatic N) is 1. The molecule has 1 heterocycles. The van der Waals surface area contributed by atoms with Crippen LogP contribution in [0.3, 0.4) is 0 Å². The minimum absolute atomic E-state index is 0.00612. The molecule has 0 atom stereocenters. The van der Waals surface area contributed by atoms with Crippen molar-refractivity contribution in [2.24, 2.45) is 11.3 Å². The number of ketones is 2. The summed E-state index contributed by atoms with van der Waals surface area (Å²) in [4.78, 5) is 40.4. The summed E-state index contributed by atoms with van der Waals surface area (Å²) in [6, 6.07) is 3.93. The molecule has 2 fully saturated rings. The van der Waals surface area contributed by atoms with Gasteiger partial charge in [-0.05, 0) is 68.9 Å². The minimum atomic E-state index is -0.677. The van der Waals surface area contributed by atoms with Crippen LogP contribution in [0.15, 0.2) is 24.4 Å². The van der Waals surface area contributed by atoms with Crippen molar-refractivity contribution in [3.05, 3.63) is 46.7 Å². The number of carbonyl (C=O) groups excluding carboxylic acids is 3. The summed E-state index contributed by atoms with van der Waals surface area (Å²) in [5.74, 6) is 5.62. The van der Waals surface area contributed by atoms with Crippen LogP contribution < -0.4 is 0 Å². The highest BCUT2D eigenvalue weighted by Crippen LogP contribution is 2.45. The molecule has 29 heavy (non-hydrogen) atoms. The third-order valence-electron chi connectivity index (χ3n) is 6.52. The quantitative estimate of drug-likeness (QED) is 0.571. The number of rotatable bonds is 2. The fourth-order valence-electron chi connectivity index (χ4n) is 4.90. The molecule has 150 valence electrons. The highest BCUT2D eigenvalue weighted by Gasteiger charge is 2.46. The first-order valence-electron chi connectivity index (χ1n) is 10.4. The molecule has 0 aromatic heterocycles. The van der Waals surface area contributed by atoms with Gasteiger partial charge >= 0.3 is 0 Å². The minimum Gasteiger partial charge on any atom is -0.319 e. The van der Waals surface area contributed by atoms with Gasteiger partial charge in [-0.25, -0.2) is 0 Å². The number of Topliss-reactive ketones (excluding diaryl/α,β-unsaturated/α-hetero) is 2. The van der Waals surface area contributed by atoms with Gasteiger partial charge < -0.3 is 4.90 Å². The van der Waals surface area contributed by atoms with Crippen molar-refractivity contribution < 1.29 is 14.4 Å². The molecule has 1 aromatic rings. The van der Waals surface area contributed by atoms with E-state index in [1.165, 1.54) is 0 Å². The number of benzene rings is 1. The van der Waals surface area contributed by atoms with Crippen molar-refractivity contribution in [2.75, 3.05) is 6.54 Å². The molecule has 0 N–H and O–H groups in total. The highest BCUT2D eigenvalue weighted by molar-refractivity contribution is 6.11. The summed E-state index contributed by atoms with van der Waals surface area (Å²) < 4.78 is 0. The Balaban J connectivity index is 1.57. The van der Waals surface area contributed by atoms with E-state index in [2.05, 4.69) is 11.8 Å². The SMILES string of the molecule is CC#Cc1cc(C)c(C2C(=O)CC3(C=CN(C(=O)C4CC4)CC3)CC2=O)c(C)c1. The molecule has 4 rings (SSSR count). The Kier molecular flexibility index (Phi) is 4.94. The summed E-state index contributed by atoms with van der Waals surface area (Å²) in [6.07, 6.45) is 7.13. The maximum Gasteiger partial charge on any atom is 0.229 e. The van der Waals surface area contributed by atoms with E-state index in [9.17, 15) is 14.4 Å². The molecule has 3 aliphatic rings. The zero-order valence-electron chi connectivity index (χ0n) is 17.4. The molecule has 1 aliphatic heterocycles. The molecule has 2 aliphatic carbocycles. The number of hydrogen-bond acceptors (Lipinski definition) is 3. The summed E-state index contributed by atoms with van der Waals surface area (Å²) in [7, 11) is 0. The first-order valence-corrected chi connectivity index (χ1v) is 10.4. The second-order valence-electron chi connectivity index (χ2n) is 8.85. The van der Waals surface area contributed by atoms with Crippen molar-refractivity contribution >= 4 is 17.5 Å². The molecule has 1 aromatic carbocycles. The fourth-order valence-corrected chi connectivity index (χ4v) is 4.90. The van der Waals surface area contributed by atoms with Gasteiger partial charge in [-0.2, -0.15) is 0 Å². The number of hydrogen-bond donors (Lipinski definition) is 0. The van der Waals surface area contributed by atoms with Crippen LogP contribution in [0.25, 0.3) is 0 Å². The topological polar surface area (TPSA) is 54.5 Å². The second kappa shape index (κ2) is 7.30. The van der Waals surface area contributed by atoms with Gasteiger partial charge in [0.1, 0.15) is 17.5 Å². The maximum atomic E-state index is 13.2. The van der Waals surface area contributed by atoms with Gasteiger partial charge in [0.2, 0.25) is 5.91 Å². The van der Waals surface area contributed by atoms with Crippen molar-refractivity contribution in [2.45, 2.75) is 58.8 Å². The van der Waals surface area contributed by atoms with E-state index in [0.717, 1.165) is 35.1 Å². The molecule has 4 heteroatoms. The van der Waals surface area contributed by atoms with Gasteiger partial charge in [0, 0.05) is 42.5 Å². The van der Waals surface area contributed by atoms with Crippen molar-refractivity contribution in [3.8, 4) is 11.8 Å². The first-order chi connectivity index (χ1) is 13.8. The van der Waals surface area contributed by atoms with E-state index >= 15 is 0 Å². The van der Waals surface area contributed by atoms with E-state index in [-0.39, 0.29) is 23.4 Å². The van der Waals surface area contributed by atoms with Gasteiger partial charge in [0.25, 0.3) is 0 Å². The molecule has 2 saturated carbocycles. The Hall–Kier alpha value is -2.67. The zero-order valence-corrected chi connectivity index (χ0v) is 17.4. The van der Waals surface area contributed by atoms with Gasteiger partial charge in [-0.15, -0.1) is 5.92 Å². The van der Waals surface area contributed by atoms with E-state index in [4.69, 9.17) is 0 Å². The Labute approximate surface area is 172 Å². The van der Waals surface area contributed by atoms with Crippen LogP contribution in [0.4, 0.5) is 0 Å². The van der Waals surface area contributed by atoms with Crippen molar-refractivity contribution in [1.82, 2.24) is 4.90 Å². The molecular formula is C25H27NO3. The van der Waals surface area contributed by atoms with Crippen LogP contribution in [0.2, 0.25) is 0 Å². The van der Waals surface area contributed by atoms with Gasteiger partial charge in [-0.1, -0.05) is 12.0 Å². The Morgan fingerprint density at radius 3 is 2.21 bits per heavy atom. The van der Waals surface area contributed by atoms with E-state index in [1.807, 2.05) is 38.3 Å². The number of aryl methyl sites for hydroxylation is 2. The highest BCUT2D eigenvalue weighted by atomic mass is 16.2. The summed E-state index contributed by atoms with van der Waals surface area (Å²) in [6.45, 7) is 6.30. The Morgan fingerprint density at radius 1 is 1.10 bits per heavy atom. The lowest BCUT2D eigenvalue weighted by atomic mass is 9.64. The fraction of sp³-hybridized carbons (Fsp3) is 0.480. The van der Waals surface area contributed by atoms with Crippen LogP contribution in [0.5, 0.6) is 0 Å². The summed E-state index contributed by atoms with van der Waals surface area (Å²) >= 11 is 0. The van der Waals surface area contributed by atoms with Gasteiger partial charge in [0.15, 0.2) is 0 Å². The van der Waals surface area contributed by atoms with Crippen LogP contribution in [0, 0.1) is 37.0 Å². The summed E-state index contributed by atoms with van der Waals surface area (Å²) in [5.41, 5.74) is 3.23. The molecule has 4 nitrogen and oxygen atoms in total.